The van der Waals surface area contributed by atoms with Gasteiger partial charge in [-0.3, -0.25) is 18.7 Å². The summed E-state index contributed by atoms with van der Waals surface area (Å²) in [4.78, 5) is 42.4. The monoisotopic (exact) mass is 480 g/mol. The van der Waals surface area contributed by atoms with Crippen molar-refractivity contribution in [3.05, 3.63) is 85.6 Å². The van der Waals surface area contributed by atoms with Crippen LogP contribution in [0.5, 0.6) is 5.88 Å². The van der Waals surface area contributed by atoms with Gasteiger partial charge in [-0.05, 0) is 55.2 Å². The van der Waals surface area contributed by atoms with Gasteiger partial charge in [0.2, 0.25) is 11.8 Å². The number of nitrogens with one attached hydrogen (secondary N) is 1. The number of benzene rings is 2. The molecular weight excluding hydrogens is 452 g/mol. The summed E-state index contributed by atoms with van der Waals surface area (Å²) in [5.74, 6) is -0.835. The lowest BCUT2D eigenvalue weighted by molar-refractivity contribution is -0.113. The van der Waals surface area contributed by atoms with Crippen molar-refractivity contribution in [3.8, 4) is 5.88 Å². The lowest BCUT2D eigenvalue weighted by atomic mass is 10.1. The second kappa shape index (κ2) is 10.6. The van der Waals surface area contributed by atoms with Gasteiger partial charge in [-0.2, -0.15) is 0 Å². The van der Waals surface area contributed by atoms with E-state index in [2.05, 4.69) is 10.3 Å². The van der Waals surface area contributed by atoms with Gasteiger partial charge in [-0.15, -0.1) is 0 Å². The number of carbonyl (C=O) groups is 1. The van der Waals surface area contributed by atoms with Crippen molar-refractivity contribution in [1.82, 2.24) is 9.13 Å². The van der Waals surface area contributed by atoms with Crippen LogP contribution in [0.2, 0.25) is 0 Å². The Bertz CT molecular complexity index is 1370. The van der Waals surface area contributed by atoms with Crippen molar-refractivity contribution < 1.29 is 9.90 Å². The molecule has 1 heterocycles. The fraction of sp³-hybridized carbons (Fsp3) is 0.280. The highest BCUT2D eigenvalue weighted by atomic mass is 32.2. The minimum Gasteiger partial charge on any atom is -0.494 e. The van der Waals surface area contributed by atoms with Crippen molar-refractivity contribution >= 4 is 34.1 Å². The third-order valence-corrected chi connectivity index (χ3v) is 6.41. The van der Waals surface area contributed by atoms with Gasteiger partial charge in [0.05, 0.1) is 11.4 Å². The van der Waals surface area contributed by atoms with Crippen LogP contribution >= 0.6 is 11.8 Å². The van der Waals surface area contributed by atoms with E-state index >= 15 is 0 Å². The van der Waals surface area contributed by atoms with E-state index in [9.17, 15) is 19.5 Å². The fourth-order valence-corrected chi connectivity index (χ4v) is 4.13. The van der Waals surface area contributed by atoms with E-state index in [-0.39, 0.29) is 22.3 Å². The number of carbonyl (C=O) groups excluding carboxylic acids is 1. The first-order valence-electron chi connectivity index (χ1n) is 10.8. The Hall–Kier alpha value is -3.59. The molecule has 3 rings (SSSR count). The molecule has 0 saturated heterocycles. The molecule has 1 amide bonds. The number of aliphatic imine (C=N–C) groups is 1. The second-order valence-electron chi connectivity index (χ2n) is 8.00. The van der Waals surface area contributed by atoms with Crippen LogP contribution < -0.4 is 16.6 Å². The molecule has 0 aliphatic rings. The fourth-order valence-electron chi connectivity index (χ4n) is 3.30. The van der Waals surface area contributed by atoms with E-state index in [4.69, 9.17) is 0 Å². The van der Waals surface area contributed by atoms with Crippen molar-refractivity contribution in [2.45, 2.75) is 27.2 Å². The summed E-state index contributed by atoms with van der Waals surface area (Å²) >= 11 is 1.02. The molecule has 8 nitrogen and oxygen atoms in total. The Morgan fingerprint density at radius 1 is 1.06 bits per heavy atom. The number of aryl methyl sites for hydroxylation is 3. The van der Waals surface area contributed by atoms with Crippen LogP contribution in [-0.4, -0.2) is 30.9 Å². The zero-order chi connectivity index (χ0) is 25.0. The van der Waals surface area contributed by atoms with Gasteiger partial charge < -0.3 is 10.4 Å². The van der Waals surface area contributed by atoms with E-state index in [0.717, 1.165) is 44.0 Å². The van der Waals surface area contributed by atoms with Gasteiger partial charge in [0, 0.05) is 19.8 Å². The number of hydrogen-bond donors (Lipinski definition) is 2. The molecule has 0 fully saturated rings. The van der Waals surface area contributed by atoms with E-state index < -0.39 is 17.1 Å². The standard InChI is InChI=1S/C25H28N4O4S/c1-6-17-9-11-18(12-10-17)26-22(21-23(31)28(4)25(33)29(5)24(21)32)34-14-20(30)27-19-13-15(2)7-8-16(19)3/h7-13,31H,6,14H2,1-5H3,(H,27,30). The number of aromatic hydroxyl groups is 1. The quantitative estimate of drug-likeness (QED) is 0.415. The maximum absolute atomic E-state index is 12.9. The van der Waals surface area contributed by atoms with E-state index in [1.807, 2.05) is 51.1 Å². The first-order valence-corrected chi connectivity index (χ1v) is 11.8. The van der Waals surface area contributed by atoms with E-state index in [1.54, 1.807) is 12.1 Å². The smallest absolute Gasteiger partial charge is 0.333 e. The molecule has 0 spiro atoms. The normalized spacial score (nSPS) is 11.5. The van der Waals surface area contributed by atoms with Crippen LogP contribution in [0.25, 0.3) is 0 Å². The Morgan fingerprint density at radius 2 is 1.74 bits per heavy atom. The zero-order valence-electron chi connectivity index (χ0n) is 19.9. The second-order valence-corrected chi connectivity index (χ2v) is 8.96. The van der Waals surface area contributed by atoms with Crippen LogP contribution in [-0.2, 0) is 25.3 Å². The first kappa shape index (κ1) is 25.0. The number of amides is 1. The topological polar surface area (TPSA) is 106 Å². The molecule has 0 unspecified atom stereocenters. The molecule has 0 saturated carbocycles. The predicted octanol–water partition coefficient (Wildman–Crippen LogP) is 3.42. The Labute approximate surface area is 202 Å². The van der Waals surface area contributed by atoms with Gasteiger partial charge in [0.1, 0.15) is 10.6 Å². The molecule has 2 N–H and O–H groups in total. The minimum atomic E-state index is -0.688. The molecule has 0 aliphatic carbocycles. The van der Waals surface area contributed by atoms with Crippen LogP contribution in [0.4, 0.5) is 11.4 Å². The molecular formula is C25H28N4O4S. The molecule has 3 aromatic rings. The third-order valence-electron chi connectivity index (χ3n) is 5.43. The summed E-state index contributed by atoms with van der Waals surface area (Å²) in [7, 11) is 2.70. The van der Waals surface area contributed by atoms with Crippen molar-refractivity contribution in [1.29, 1.82) is 0 Å². The average molecular weight is 481 g/mol. The molecule has 34 heavy (non-hydrogen) atoms. The summed E-state index contributed by atoms with van der Waals surface area (Å²) in [5.41, 5.74) is 2.87. The highest BCUT2D eigenvalue weighted by Crippen LogP contribution is 2.24. The number of nitrogens with zero attached hydrogens (tertiary/aromatic N) is 3. The zero-order valence-corrected chi connectivity index (χ0v) is 20.7. The molecule has 178 valence electrons. The lowest BCUT2D eigenvalue weighted by Gasteiger charge is -2.13. The lowest BCUT2D eigenvalue weighted by Crippen LogP contribution is -2.39. The molecule has 0 radical (unpaired) electrons. The summed E-state index contributed by atoms with van der Waals surface area (Å²) in [6.07, 6.45) is 0.867. The molecule has 0 atom stereocenters. The number of thioether (sulfide) groups is 1. The van der Waals surface area contributed by atoms with E-state index in [0.29, 0.717) is 11.4 Å². The van der Waals surface area contributed by atoms with Gasteiger partial charge in [0.15, 0.2) is 0 Å². The number of rotatable bonds is 6. The minimum absolute atomic E-state index is 0.0509. The third kappa shape index (κ3) is 5.48. The molecule has 0 aliphatic heterocycles. The largest absolute Gasteiger partial charge is 0.494 e. The summed E-state index contributed by atoms with van der Waals surface area (Å²) in [6, 6.07) is 13.2. The van der Waals surface area contributed by atoms with Crippen molar-refractivity contribution in [2.24, 2.45) is 19.1 Å². The Morgan fingerprint density at radius 3 is 2.38 bits per heavy atom. The SMILES string of the molecule is CCc1ccc(N=C(SCC(=O)Nc2cc(C)ccc2C)c2c(O)n(C)c(=O)n(C)c2=O)cc1. The molecule has 1 aromatic heterocycles. The van der Waals surface area contributed by atoms with Crippen LogP contribution in [0.1, 0.15) is 29.2 Å². The molecule has 0 bridgehead atoms. The van der Waals surface area contributed by atoms with E-state index in [1.165, 1.54) is 14.1 Å². The maximum Gasteiger partial charge on any atom is 0.333 e. The van der Waals surface area contributed by atoms with Crippen molar-refractivity contribution in [2.75, 3.05) is 11.1 Å². The molecule has 9 heteroatoms. The number of aromatic nitrogens is 2. The van der Waals surface area contributed by atoms with Gasteiger partial charge in [0.25, 0.3) is 5.56 Å². The predicted molar refractivity (Wildman–Crippen MR) is 138 cm³/mol. The Balaban J connectivity index is 1.98. The average Bonchev–Trinajstić information content (AvgIpc) is 2.82. The summed E-state index contributed by atoms with van der Waals surface area (Å²) in [5, 5.41) is 13.7. The van der Waals surface area contributed by atoms with Crippen LogP contribution in [0.15, 0.2) is 57.0 Å². The number of hydrogen-bond acceptors (Lipinski definition) is 6. The maximum atomic E-state index is 12.9. The highest BCUT2D eigenvalue weighted by Gasteiger charge is 2.22. The Kier molecular flexibility index (Phi) is 7.78. The van der Waals surface area contributed by atoms with Gasteiger partial charge >= 0.3 is 5.69 Å². The summed E-state index contributed by atoms with van der Waals surface area (Å²) < 4.78 is 1.88. The van der Waals surface area contributed by atoms with Crippen molar-refractivity contribution in [3.63, 3.8) is 0 Å². The molecule has 2 aromatic carbocycles. The first-order chi connectivity index (χ1) is 16.1. The summed E-state index contributed by atoms with van der Waals surface area (Å²) in [6.45, 7) is 5.89. The van der Waals surface area contributed by atoms with Crippen LogP contribution in [0, 0.1) is 13.8 Å². The van der Waals surface area contributed by atoms with Crippen LogP contribution in [0.3, 0.4) is 0 Å². The number of anilines is 1. The van der Waals surface area contributed by atoms with Gasteiger partial charge in [-0.1, -0.05) is 43.0 Å². The van der Waals surface area contributed by atoms with Gasteiger partial charge in [-0.25, -0.2) is 9.79 Å². The highest BCUT2D eigenvalue weighted by molar-refractivity contribution is 8.15.